The van der Waals surface area contributed by atoms with Crippen LogP contribution in [0.15, 0.2) is 12.3 Å². The highest BCUT2D eigenvalue weighted by Crippen LogP contribution is 2.09. The fourth-order valence-corrected chi connectivity index (χ4v) is 1.17. The second kappa shape index (κ2) is 5.66. The van der Waals surface area contributed by atoms with Crippen molar-refractivity contribution in [3.8, 4) is 0 Å². The van der Waals surface area contributed by atoms with Crippen LogP contribution in [0.2, 0.25) is 5.15 Å². The van der Waals surface area contributed by atoms with Gasteiger partial charge in [0.15, 0.2) is 0 Å². The fraction of sp³-hybridized carbons (Fsp3) is 0.500. The number of hydrogen-bond donors (Lipinski definition) is 1. The molecule has 0 aliphatic heterocycles. The van der Waals surface area contributed by atoms with Crippen molar-refractivity contribution in [2.24, 2.45) is 5.92 Å². The highest BCUT2D eigenvalue weighted by Gasteiger charge is 2.08. The van der Waals surface area contributed by atoms with Gasteiger partial charge in [0.25, 0.3) is 0 Å². The largest absolute Gasteiger partial charge is 0.294 e. The van der Waals surface area contributed by atoms with E-state index in [0.29, 0.717) is 17.5 Å². The summed E-state index contributed by atoms with van der Waals surface area (Å²) in [5.41, 5.74) is 0. The van der Waals surface area contributed by atoms with Crippen molar-refractivity contribution in [1.29, 1.82) is 0 Å². The van der Waals surface area contributed by atoms with Gasteiger partial charge >= 0.3 is 0 Å². The van der Waals surface area contributed by atoms with Gasteiger partial charge < -0.3 is 0 Å². The molecule has 0 aliphatic carbocycles. The second-order valence-electron chi connectivity index (χ2n) is 3.47. The number of nitrogens with zero attached hydrogens (tertiary/aromatic N) is 2. The zero-order valence-corrected chi connectivity index (χ0v) is 9.58. The van der Waals surface area contributed by atoms with Crippen molar-refractivity contribution < 1.29 is 4.79 Å². The Morgan fingerprint density at radius 1 is 1.67 bits per heavy atom. The first-order valence-corrected chi connectivity index (χ1v) is 5.28. The molecule has 5 heteroatoms. The molecular formula is C10H14ClN3O. The van der Waals surface area contributed by atoms with Gasteiger partial charge in [-0.1, -0.05) is 31.9 Å². The van der Waals surface area contributed by atoms with Gasteiger partial charge in [0.05, 0.1) is 0 Å². The predicted octanol–water partition coefficient (Wildman–Crippen LogP) is 2.50. The number of halogens is 1. The molecule has 1 atom stereocenters. The topological polar surface area (TPSA) is 54.9 Å². The molecule has 15 heavy (non-hydrogen) atoms. The molecule has 1 aromatic rings. The van der Waals surface area contributed by atoms with Crippen LogP contribution in [0.5, 0.6) is 0 Å². The summed E-state index contributed by atoms with van der Waals surface area (Å²) in [5, 5.41) is 2.93. The van der Waals surface area contributed by atoms with Crippen LogP contribution < -0.4 is 5.32 Å². The van der Waals surface area contributed by atoms with Crippen molar-refractivity contribution in [1.82, 2.24) is 9.97 Å². The summed E-state index contributed by atoms with van der Waals surface area (Å²) in [4.78, 5) is 19.2. The lowest BCUT2D eigenvalue weighted by Crippen LogP contribution is -2.16. The first-order chi connectivity index (χ1) is 7.11. The maximum absolute atomic E-state index is 11.5. The van der Waals surface area contributed by atoms with E-state index in [9.17, 15) is 4.79 Å². The van der Waals surface area contributed by atoms with E-state index in [0.717, 1.165) is 6.42 Å². The van der Waals surface area contributed by atoms with Crippen LogP contribution >= 0.6 is 11.6 Å². The number of carbonyl (C=O) groups excluding carboxylic acids is 1. The van der Waals surface area contributed by atoms with Gasteiger partial charge in [-0.3, -0.25) is 10.1 Å². The number of anilines is 1. The number of amides is 1. The zero-order chi connectivity index (χ0) is 11.3. The third kappa shape index (κ3) is 4.25. The molecular weight excluding hydrogens is 214 g/mol. The quantitative estimate of drug-likeness (QED) is 0.805. The van der Waals surface area contributed by atoms with Crippen molar-refractivity contribution in [2.75, 3.05) is 5.32 Å². The second-order valence-corrected chi connectivity index (χ2v) is 3.86. The number of hydrogen-bond acceptors (Lipinski definition) is 3. The molecule has 1 N–H and O–H groups in total. The van der Waals surface area contributed by atoms with E-state index in [-0.39, 0.29) is 11.9 Å². The Bertz CT molecular complexity index is 343. The molecule has 82 valence electrons. The lowest BCUT2D eigenvalue weighted by atomic mass is 10.1. The lowest BCUT2D eigenvalue weighted by molar-refractivity contribution is -0.117. The van der Waals surface area contributed by atoms with E-state index >= 15 is 0 Å². The van der Waals surface area contributed by atoms with E-state index in [4.69, 9.17) is 11.6 Å². The van der Waals surface area contributed by atoms with Crippen LogP contribution in [0.25, 0.3) is 0 Å². The summed E-state index contributed by atoms with van der Waals surface area (Å²) in [5.74, 6) is 0.548. The minimum absolute atomic E-state index is 0.0772. The molecule has 0 spiro atoms. The molecule has 0 fully saturated rings. The normalized spacial score (nSPS) is 12.2. The Morgan fingerprint density at radius 3 is 3.00 bits per heavy atom. The molecule has 1 aromatic heterocycles. The Balaban J connectivity index is 2.51. The Hall–Kier alpha value is -1.16. The van der Waals surface area contributed by atoms with Crippen LogP contribution in [0, 0.1) is 5.92 Å². The van der Waals surface area contributed by atoms with E-state index in [1.54, 1.807) is 6.07 Å². The van der Waals surface area contributed by atoms with Crippen LogP contribution in [0.3, 0.4) is 0 Å². The first kappa shape index (κ1) is 11.9. The third-order valence-corrected chi connectivity index (χ3v) is 2.31. The SMILES string of the molecule is CCC(C)CC(=O)Nc1nccc(Cl)n1. The number of nitrogens with one attached hydrogen (secondary N) is 1. The summed E-state index contributed by atoms with van der Waals surface area (Å²) in [6.07, 6.45) is 2.96. The molecule has 0 aromatic carbocycles. The molecule has 4 nitrogen and oxygen atoms in total. The van der Waals surface area contributed by atoms with E-state index in [1.165, 1.54) is 6.20 Å². The summed E-state index contributed by atoms with van der Waals surface area (Å²) in [6.45, 7) is 4.08. The summed E-state index contributed by atoms with van der Waals surface area (Å²) < 4.78 is 0. The predicted molar refractivity (Wildman–Crippen MR) is 59.7 cm³/mol. The third-order valence-electron chi connectivity index (χ3n) is 2.10. The Kier molecular flexibility index (Phi) is 4.49. The molecule has 1 amide bonds. The summed E-state index contributed by atoms with van der Waals surface area (Å²) in [7, 11) is 0. The van der Waals surface area contributed by atoms with Gasteiger partial charge in [-0.05, 0) is 12.0 Å². The fourth-order valence-electron chi connectivity index (χ4n) is 1.03. The highest BCUT2D eigenvalue weighted by molar-refractivity contribution is 6.29. The van der Waals surface area contributed by atoms with Crippen molar-refractivity contribution in [3.63, 3.8) is 0 Å². The average molecular weight is 228 g/mol. The average Bonchev–Trinajstić information content (AvgIpc) is 2.17. The number of rotatable bonds is 4. The molecule has 0 bridgehead atoms. The maximum atomic E-state index is 11.5. The number of aromatic nitrogens is 2. The summed E-state index contributed by atoms with van der Waals surface area (Å²) in [6, 6.07) is 1.56. The monoisotopic (exact) mass is 227 g/mol. The molecule has 1 rings (SSSR count). The molecule has 0 aliphatic rings. The molecule has 0 saturated carbocycles. The zero-order valence-electron chi connectivity index (χ0n) is 8.83. The van der Waals surface area contributed by atoms with Gasteiger partial charge in [-0.2, -0.15) is 0 Å². The minimum atomic E-state index is -0.0772. The molecule has 0 radical (unpaired) electrons. The van der Waals surface area contributed by atoms with E-state index in [1.807, 2.05) is 13.8 Å². The summed E-state index contributed by atoms with van der Waals surface area (Å²) >= 11 is 5.66. The standard InChI is InChI=1S/C10H14ClN3O/c1-3-7(2)6-9(15)14-10-12-5-4-8(11)13-10/h4-5,7H,3,6H2,1-2H3,(H,12,13,14,15). The van der Waals surface area contributed by atoms with Crippen molar-refractivity contribution in [3.05, 3.63) is 17.4 Å². The van der Waals surface area contributed by atoms with Gasteiger partial charge in [-0.25, -0.2) is 9.97 Å². The van der Waals surface area contributed by atoms with Gasteiger partial charge in [0.1, 0.15) is 5.15 Å². The van der Waals surface area contributed by atoms with Crippen molar-refractivity contribution >= 4 is 23.5 Å². The lowest BCUT2D eigenvalue weighted by Gasteiger charge is -2.07. The van der Waals surface area contributed by atoms with E-state index in [2.05, 4.69) is 15.3 Å². The van der Waals surface area contributed by atoms with Gasteiger partial charge in [-0.15, -0.1) is 0 Å². The van der Waals surface area contributed by atoms with Gasteiger partial charge in [0, 0.05) is 12.6 Å². The first-order valence-electron chi connectivity index (χ1n) is 4.90. The maximum Gasteiger partial charge on any atom is 0.230 e. The van der Waals surface area contributed by atoms with Crippen molar-refractivity contribution in [2.45, 2.75) is 26.7 Å². The van der Waals surface area contributed by atoms with Crippen LogP contribution in [-0.4, -0.2) is 15.9 Å². The molecule has 0 saturated heterocycles. The van der Waals surface area contributed by atoms with E-state index < -0.39 is 0 Å². The minimum Gasteiger partial charge on any atom is -0.294 e. The number of carbonyl (C=O) groups is 1. The Morgan fingerprint density at radius 2 is 2.40 bits per heavy atom. The van der Waals surface area contributed by atoms with Crippen LogP contribution in [-0.2, 0) is 4.79 Å². The molecule has 1 heterocycles. The Labute approximate surface area is 94.1 Å². The smallest absolute Gasteiger partial charge is 0.230 e. The van der Waals surface area contributed by atoms with Crippen LogP contribution in [0.1, 0.15) is 26.7 Å². The van der Waals surface area contributed by atoms with Gasteiger partial charge in [0.2, 0.25) is 11.9 Å². The van der Waals surface area contributed by atoms with Crippen LogP contribution in [0.4, 0.5) is 5.95 Å². The highest BCUT2D eigenvalue weighted by atomic mass is 35.5. The molecule has 1 unspecified atom stereocenters.